The predicted molar refractivity (Wildman–Crippen MR) is 174 cm³/mol. The van der Waals surface area contributed by atoms with Crippen LogP contribution in [0.15, 0.2) is 72.9 Å². The second-order valence-corrected chi connectivity index (χ2v) is 12.1. The van der Waals surface area contributed by atoms with Gasteiger partial charge in [-0.15, -0.1) is 0 Å². The van der Waals surface area contributed by atoms with Crippen LogP contribution in [0.2, 0.25) is 0 Å². The number of aromatic amines is 1. The van der Waals surface area contributed by atoms with Crippen LogP contribution in [-0.2, 0) is 6.42 Å². The molecule has 3 aliphatic heterocycles. The van der Waals surface area contributed by atoms with Gasteiger partial charge in [0.05, 0.1) is 22.3 Å². The van der Waals surface area contributed by atoms with Crippen LogP contribution < -0.4 is 5.32 Å². The standard InChI is InChI=1S/C35H35N5O7/c1-38(30-20-39-12-9-22(30)10-13-39)31(41)28-19-29-23(7-11-36-29)18-27(28)32(42)40(14-8-21-5-3-2-4-6-21)35(47)37-26-16-24(33(43)44)15-25(17-26)34(45)46/h2-7,11,15-19,22,30,36H,8-10,12-14,20H2,1H3,(H,37,47)(H,43,44)(H,45,46)/t30-/m1/s1. The third-order valence-corrected chi connectivity index (χ3v) is 9.23. The molecule has 2 bridgehead atoms. The van der Waals surface area contributed by atoms with Gasteiger partial charge in [-0.3, -0.25) is 14.5 Å². The monoisotopic (exact) mass is 637 g/mol. The molecule has 4 N–H and O–H groups in total. The molecule has 0 unspecified atom stereocenters. The van der Waals surface area contributed by atoms with Crippen LogP contribution in [0.5, 0.6) is 0 Å². The molecule has 4 amide bonds. The maximum atomic E-state index is 14.5. The lowest BCUT2D eigenvalue weighted by Crippen LogP contribution is -2.57. The molecular formula is C35H35N5O7. The average Bonchev–Trinajstić information content (AvgIpc) is 3.55. The highest BCUT2D eigenvalue weighted by Gasteiger charge is 2.39. The Hall–Kier alpha value is -5.49. The summed E-state index contributed by atoms with van der Waals surface area (Å²) in [7, 11) is 1.76. The summed E-state index contributed by atoms with van der Waals surface area (Å²) in [5.41, 5.74) is 0.932. The molecule has 7 rings (SSSR count). The smallest absolute Gasteiger partial charge is 0.335 e. The lowest BCUT2D eigenvalue weighted by atomic mass is 9.83. The van der Waals surface area contributed by atoms with Gasteiger partial charge in [0.2, 0.25) is 0 Å². The van der Waals surface area contributed by atoms with Crippen molar-refractivity contribution in [3.8, 4) is 0 Å². The molecule has 3 aliphatic rings. The summed E-state index contributed by atoms with van der Waals surface area (Å²) in [6, 6.07) is 16.6. The largest absolute Gasteiger partial charge is 0.478 e. The summed E-state index contributed by atoms with van der Waals surface area (Å²) >= 11 is 0. The summed E-state index contributed by atoms with van der Waals surface area (Å²) in [6.07, 6.45) is 4.01. The lowest BCUT2D eigenvalue weighted by molar-refractivity contribution is 0.0161. The Morgan fingerprint density at radius 1 is 0.872 bits per heavy atom. The number of benzene rings is 3. The van der Waals surface area contributed by atoms with Crippen molar-refractivity contribution in [3.63, 3.8) is 0 Å². The summed E-state index contributed by atoms with van der Waals surface area (Å²) in [4.78, 5) is 74.0. The Morgan fingerprint density at radius 3 is 2.15 bits per heavy atom. The maximum absolute atomic E-state index is 14.5. The van der Waals surface area contributed by atoms with Gasteiger partial charge in [-0.1, -0.05) is 30.3 Å². The molecule has 0 aliphatic carbocycles. The molecule has 242 valence electrons. The zero-order chi connectivity index (χ0) is 33.2. The minimum atomic E-state index is -1.38. The first-order valence-electron chi connectivity index (χ1n) is 15.5. The maximum Gasteiger partial charge on any atom is 0.335 e. The number of likely N-dealkylation sites (N-methyl/N-ethyl adjacent to an activating group) is 1. The van der Waals surface area contributed by atoms with Crippen molar-refractivity contribution in [1.29, 1.82) is 0 Å². The number of aromatic carboxylic acids is 2. The third-order valence-electron chi connectivity index (χ3n) is 9.23. The van der Waals surface area contributed by atoms with E-state index in [4.69, 9.17) is 0 Å². The second-order valence-electron chi connectivity index (χ2n) is 12.1. The quantitative estimate of drug-likeness (QED) is 0.206. The second kappa shape index (κ2) is 13.1. The molecule has 3 fully saturated rings. The number of piperidine rings is 3. The number of anilines is 1. The van der Waals surface area contributed by atoms with Crippen molar-refractivity contribution in [1.82, 2.24) is 19.7 Å². The van der Waals surface area contributed by atoms with E-state index in [-0.39, 0.29) is 46.4 Å². The molecule has 12 heteroatoms. The number of carboxylic acid groups (broad SMARTS) is 2. The molecule has 3 aromatic carbocycles. The van der Waals surface area contributed by atoms with Gasteiger partial charge in [-0.05, 0) is 80.2 Å². The van der Waals surface area contributed by atoms with E-state index in [1.54, 1.807) is 36.3 Å². The molecule has 3 saturated heterocycles. The Bertz CT molecular complexity index is 1830. The first-order chi connectivity index (χ1) is 22.6. The van der Waals surface area contributed by atoms with Crippen LogP contribution in [0.25, 0.3) is 10.9 Å². The topological polar surface area (TPSA) is 163 Å². The number of rotatable bonds is 9. The number of carboxylic acids is 2. The van der Waals surface area contributed by atoms with Gasteiger partial charge in [-0.25, -0.2) is 14.4 Å². The van der Waals surface area contributed by atoms with Crippen molar-refractivity contribution in [3.05, 3.63) is 101 Å². The van der Waals surface area contributed by atoms with Crippen molar-refractivity contribution >= 4 is 46.4 Å². The predicted octanol–water partition coefficient (Wildman–Crippen LogP) is 4.65. The van der Waals surface area contributed by atoms with Gasteiger partial charge in [0.1, 0.15) is 0 Å². The highest BCUT2D eigenvalue weighted by atomic mass is 16.4. The van der Waals surface area contributed by atoms with Crippen LogP contribution >= 0.6 is 0 Å². The Kier molecular flexibility index (Phi) is 8.77. The number of carbonyl (C=O) groups excluding carboxylic acids is 3. The van der Waals surface area contributed by atoms with Crippen LogP contribution in [0.3, 0.4) is 0 Å². The number of fused-ring (bicyclic) bond motifs is 4. The third kappa shape index (κ3) is 6.59. The van der Waals surface area contributed by atoms with Gasteiger partial charge >= 0.3 is 18.0 Å². The number of nitrogens with zero attached hydrogens (tertiary/aromatic N) is 3. The minimum Gasteiger partial charge on any atom is -0.478 e. The Morgan fingerprint density at radius 2 is 1.53 bits per heavy atom. The van der Waals surface area contributed by atoms with Crippen molar-refractivity contribution in [2.75, 3.05) is 38.5 Å². The number of amides is 4. The van der Waals surface area contributed by atoms with Crippen molar-refractivity contribution < 1.29 is 34.2 Å². The highest BCUT2D eigenvalue weighted by Crippen LogP contribution is 2.32. The number of H-pyrrole nitrogens is 1. The van der Waals surface area contributed by atoms with E-state index < -0.39 is 23.9 Å². The summed E-state index contributed by atoms with van der Waals surface area (Å²) in [5, 5.41) is 22.2. The van der Waals surface area contributed by atoms with Gasteiger partial charge in [0, 0.05) is 49.0 Å². The number of aromatic nitrogens is 1. The molecule has 4 heterocycles. The first-order valence-corrected chi connectivity index (χ1v) is 15.5. The SMILES string of the molecule is CN(C(=O)c1cc2[nH]ccc2cc1C(=O)N(CCc1ccccc1)C(=O)Nc1cc(C(=O)O)cc(C(=O)O)c1)[C@@H]1CN2CCC1CC2. The van der Waals surface area contributed by atoms with Crippen molar-refractivity contribution in [2.45, 2.75) is 25.3 Å². The molecule has 47 heavy (non-hydrogen) atoms. The fourth-order valence-electron chi connectivity index (χ4n) is 6.63. The zero-order valence-corrected chi connectivity index (χ0v) is 25.8. The molecule has 4 aromatic rings. The average molecular weight is 638 g/mol. The van der Waals surface area contributed by atoms with Gasteiger partial charge < -0.3 is 30.3 Å². The van der Waals surface area contributed by atoms with E-state index in [1.807, 2.05) is 30.3 Å². The van der Waals surface area contributed by atoms with E-state index in [0.29, 0.717) is 23.2 Å². The number of hydrogen-bond donors (Lipinski definition) is 4. The molecule has 0 spiro atoms. The van der Waals surface area contributed by atoms with E-state index in [0.717, 1.165) is 61.1 Å². The van der Waals surface area contributed by atoms with Crippen LogP contribution in [0.4, 0.5) is 10.5 Å². The number of hydrogen-bond acceptors (Lipinski definition) is 6. The zero-order valence-electron chi connectivity index (χ0n) is 25.8. The molecule has 0 radical (unpaired) electrons. The van der Waals surface area contributed by atoms with Crippen LogP contribution in [0, 0.1) is 5.92 Å². The summed E-state index contributed by atoms with van der Waals surface area (Å²) in [6.45, 7) is 2.71. The van der Waals surface area contributed by atoms with Gasteiger partial charge in [0.15, 0.2) is 0 Å². The number of carbonyl (C=O) groups is 5. The Labute approximate surface area is 270 Å². The molecule has 12 nitrogen and oxygen atoms in total. The van der Waals surface area contributed by atoms with Crippen LogP contribution in [-0.4, -0.2) is 98.9 Å². The number of urea groups is 1. The summed E-state index contributed by atoms with van der Waals surface area (Å²) < 4.78 is 0. The normalized spacial score (nSPS) is 18.4. The molecule has 1 aromatic heterocycles. The molecule has 0 saturated carbocycles. The first kappa shape index (κ1) is 31.5. The number of imide groups is 1. The van der Waals surface area contributed by atoms with Crippen LogP contribution in [0.1, 0.15) is 59.8 Å². The van der Waals surface area contributed by atoms with Gasteiger partial charge in [-0.2, -0.15) is 0 Å². The molecule has 1 atom stereocenters. The van der Waals surface area contributed by atoms with E-state index >= 15 is 0 Å². The summed E-state index contributed by atoms with van der Waals surface area (Å²) in [5.74, 6) is -3.44. The highest BCUT2D eigenvalue weighted by molar-refractivity contribution is 6.15. The van der Waals surface area contributed by atoms with E-state index in [1.165, 1.54) is 0 Å². The fraction of sp³-hybridized carbons (Fsp3) is 0.286. The lowest BCUT2D eigenvalue weighted by Gasteiger charge is -2.48. The Balaban J connectivity index is 1.36. The number of nitrogens with one attached hydrogen (secondary N) is 2. The minimum absolute atomic E-state index is 0.00489. The fourth-order valence-corrected chi connectivity index (χ4v) is 6.63. The van der Waals surface area contributed by atoms with Crippen molar-refractivity contribution in [2.24, 2.45) is 5.92 Å². The molecular weight excluding hydrogens is 602 g/mol. The van der Waals surface area contributed by atoms with Gasteiger partial charge in [0.25, 0.3) is 11.8 Å². The van der Waals surface area contributed by atoms with E-state index in [9.17, 15) is 34.2 Å². The van der Waals surface area contributed by atoms with E-state index in [2.05, 4.69) is 15.2 Å².